The van der Waals surface area contributed by atoms with Crippen molar-refractivity contribution >= 4 is 0 Å². The normalized spacial score (nSPS) is 23.5. The summed E-state index contributed by atoms with van der Waals surface area (Å²) < 4.78 is 49.2. The van der Waals surface area contributed by atoms with Crippen LogP contribution >= 0.6 is 0 Å². The summed E-state index contributed by atoms with van der Waals surface area (Å²) in [6.07, 6.45) is 6.59. The molecule has 0 heterocycles. The average Bonchev–Trinajstić information content (AvgIpc) is 2.78. The minimum Gasteiger partial charge on any atom is -0.462 e. The maximum absolute atomic E-state index is 14.9. The van der Waals surface area contributed by atoms with E-state index in [0.29, 0.717) is 36.8 Å². The maximum atomic E-state index is 14.9. The molecular formula is C26H31F3O2. The quantitative estimate of drug-likeness (QED) is 0.509. The first kappa shape index (κ1) is 22.2. The summed E-state index contributed by atoms with van der Waals surface area (Å²) in [5.74, 6) is -1.95. The van der Waals surface area contributed by atoms with Crippen molar-refractivity contribution in [2.75, 3.05) is 0 Å². The van der Waals surface area contributed by atoms with E-state index in [1.807, 2.05) is 0 Å². The number of benzene rings is 2. The lowest BCUT2D eigenvalue weighted by Gasteiger charge is -2.32. The van der Waals surface area contributed by atoms with E-state index in [0.717, 1.165) is 31.2 Å². The van der Waals surface area contributed by atoms with Crippen molar-refractivity contribution in [3.63, 3.8) is 0 Å². The van der Waals surface area contributed by atoms with Crippen molar-refractivity contribution in [3.8, 4) is 5.75 Å². The van der Waals surface area contributed by atoms with Gasteiger partial charge >= 0.3 is 0 Å². The summed E-state index contributed by atoms with van der Waals surface area (Å²) >= 11 is 0. The molecule has 0 spiro atoms. The molecule has 31 heavy (non-hydrogen) atoms. The molecule has 168 valence electrons. The van der Waals surface area contributed by atoms with Gasteiger partial charge < -0.3 is 9.84 Å². The second kappa shape index (κ2) is 9.64. The van der Waals surface area contributed by atoms with E-state index in [4.69, 9.17) is 4.74 Å². The summed E-state index contributed by atoms with van der Waals surface area (Å²) in [6, 6.07) is 8.17. The Labute approximate surface area is 182 Å². The van der Waals surface area contributed by atoms with Gasteiger partial charge in [-0.15, -0.1) is 0 Å². The predicted octanol–water partition coefficient (Wildman–Crippen LogP) is 7.13. The molecule has 4 rings (SSSR count). The van der Waals surface area contributed by atoms with Crippen LogP contribution in [-0.2, 0) is 0 Å². The number of hydrogen-bond acceptors (Lipinski definition) is 2. The molecule has 1 unspecified atom stereocenters. The molecule has 0 radical (unpaired) electrons. The number of halogens is 3. The van der Waals surface area contributed by atoms with Crippen LogP contribution in [0.25, 0.3) is 0 Å². The van der Waals surface area contributed by atoms with E-state index in [2.05, 4.69) is 0 Å². The van der Waals surface area contributed by atoms with Crippen LogP contribution < -0.4 is 4.74 Å². The average molecular weight is 433 g/mol. The standard InChI is InChI=1S/C26H31F3O2/c1-16-7-14-23(22(27)15-16)31-26(30)19-10-8-18(9-11-19)21-13-12-20(24(28)25(21)29)17-5-3-2-4-6-17/h7,12-15,17-19,26,30H,2-6,8-11H2,1H3. The number of aliphatic hydroxyl groups excluding tert-OH is 1. The Morgan fingerprint density at radius 1 is 0.806 bits per heavy atom. The van der Waals surface area contributed by atoms with Crippen LogP contribution in [0, 0.1) is 30.3 Å². The molecule has 2 nitrogen and oxygen atoms in total. The first-order valence-corrected chi connectivity index (χ1v) is 11.5. The highest BCUT2D eigenvalue weighted by molar-refractivity contribution is 5.32. The van der Waals surface area contributed by atoms with Gasteiger partial charge in [0, 0.05) is 5.92 Å². The highest BCUT2D eigenvalue weighted by Crippen LogP contribution is 2.41. The fraction of sp³-hybridized carbons (Fsp3) is 0.538. The van der Waals surface area contributed by atoms with Crippen molar-refractivity contribution in [2.45, 2.75) is 82.8 Å². The molecule has 2 saturated carbocycles. The Bertz CT molecular complexity index is 900. The summed E-state index contributed by atoms with van der Waals surface area (Å²) in [6.45, 7) is 1.79. The Morgan fingerprint density at radius 3 is 1.97 bits per heavy atom. The van der Waals surface area contributed by atoms with Crippen molar-refractivity contribution in [1.29, 1.82) is 0 Å². The van der Waals surface area contributed by atoms with Crippen LogP contribution in [0.4, 0.5) is 13.2 Å². The third kappa shape index (κ3) is 4.92. The molecular weight excluding hydrogens is 401 g/mol. The third-order valence-corrected chi connectivity index (χ3v) is 7.14. The minimum atomic E-state index is -1.12. The predicted molar refractivity (Wildman–Crippen MR) is 115 cm³/mol. The van der Waals surface area contributed by atoms with Crippen molar-refractivity contribution in [1.82, 2.24) is 0 Å². The maximum Gasteiger partial charge on any atom is 0.200 e. The molecule has 1 N–H and O–H groups in total. The number of ether oxygens (including phenoxy) is 1. The zero-order chi connectivity index (χ0) is 22.0. The molecule has 0 amide bonds. The third-order valence-electron chi connectivity index (χ3n) is 7.14. The van der Waals surface area contributed by atoms with Gasteiger partial charge in [-0.2, -0.15) is 0 Å². The van der Waals surface area contributed by atoms with Crippen LogP contribution in [-0.4, -0.2) is 11.4 Å². The molecule has 2 aromatic rings. The lowest BCUT2D eigenvalue weighted by molar-refractivity contribution is -0.0754. The van der Waals surface area contributed by atoms with E-state index >= 15 is 0 Å². The van der Waals surface area contributed by atoms with Gasteiger partial charge in [-0.25, -0.2) is 13.2 Å². The molecule has 2 aliphatic carbocycles. The molecule has 2 aromatic carbocycles. The highest BCUT2D eigenvalue weighted by atomic mass is 19.2. The van der Waals surface area contributed by atoms with E-state index in [9.17, 15) is 18.3 Å². The zero-order valence-electron chi connectivity index (χ0n) is 18.0. The Morgan fingerprint density at radius 2 is 1.39 bits per heavy atom. The summed E-state index contributed by atoms with van der Waals surface area (Å²) in [5, 5.41) is 10.4. The number of aryl methyl sites for hydroxylation is 1. The second-order valence-electron chi connectivity index (χ2n) is 9.26. The van der Waals surface area contributed by atoms with Gasteiger partial charge in [-0.1, -0.05) is 37.5 Å². The Kier molecular flexibility index (Phi) is 6.90. The van der Waals surface area contributed by atoms with Crippen molar-refractivity contribution in [2.24, 2.45) is 5.92 Å². The first-order chi connectivity index (χ1) is 14.9. The summed E-state index contributed by atoms with van der Waals surface area (Å²) in [5.41, 5.74) is 1.75. The van der Waals surface area contributed by atoms with E-state index in [-0.39, 0.29) is 23.5 Å². The SMILES string of the molecule is Cc1ccc(OC(O)C2CCC(c3ccc(C4CCCCC4)c(F)c3F)CC2)c(F)c1. The first-order valence-electron chi connectivity index (χ1n) is 11.5. The summed E-state index contributed by atoms with van der Waals surface area (Å²) in [4.78, 5) is 0. The molecule has 2 aliphatic rings. The Balaban J connectivity index is 1.38. The lowest BCUT2D eigenvalue weighted by atomic mass is 9.77. The highest BCUT2D eigenvalue weighted by Gasteiger charge is 2.31. The van der Waals surface area contributed by atoms with Gasteiger partial charge in [0.05, 0.1) is 0 Å². The molecule has 1 atom stereocenters. The lowest BCUT2D eigenvalue weighted by Crippen LogP contribution is -2.30. The monoisotopic (exact) mass is 432 g/mol. The zero-order valence-corrected chi connectivity index (χ0v) is 18.0. The van der Waals surface area contributed by atoms with Crippen molar-refractivity contribution in [3.05, 3.63) is 64.5 Å². The van der Waals surface area contributed by atoms with Gasteiger partial charge in [0.2, 0.25) is 0 Å². The van der Waals surface area contributed by atoms with Crippen LogP contribution in [0.5, 0.6) is 5.75 Å². The van der Waals surface area contributed by atoms with Crippen molar-refractivity contribution < 1.29 is 23.0 Å². The van der Waals surface area contributed by atoms with Gasteiger partial charge in [0.25, 0.3) is 0 Å². The molecule has 2 fully saturated rings. The van der Waals surface area contributed by atoms with Crippen LogP contribution in [0.1, 0.15) is 86.3 Å². The van der Waals surface area contributed by atoms with E-state index in [1.165, 1.54) is 18.6 Å². The largest absolute Gasteiger partial charge is 0.462 e. The van der Waals surface area contributed by atoms with Gasteiger partial charge in [0.15, 0.2) is 29.5 Å². The Hall–Kier alpha value is -2.01. The number of rotatable bonds is 5. The molecule has 0 aliphatic heterocycles. The second-order valence-corrected chi connectivity index (χ2v) is 9.26. The van der Waals surface area contributed by atoms with Crippen LogP contribution in [0.3, 0.4) is 0 Å². The molecule has 5 heteroatoms. The molecule has 0 saturated heterocycles. The topological polar surface area (TPSA) is 29.5 Å². The fourth-order valence-corrected chi connectivity index (χ4v) is 5.27. The molecule has 0 aromatic heterocycles. The smallest absolute Gasteiger partial charge is 0.200 e. The fourth-order valence-electron chi connectivity index (χ4n) is 5.27. The molecule has 0 bridgehead atoms. The minimum absolute atomic E-state index is 0.0339. The van der Waals surface area contributed by atoms with Crippen LogP contribution in [0.15, 0.2) is 30.3 Å². The van der Waals surface area contributed by atoms with Crippen LogP contribution in [0.2, 0.25) is 0 Å². The number of hydrogen-bond donors (Lipinski definition) is 1. The number of aliphatic hydroxyl groups is 1. The summed E-state index contributed by atoms with van der Waals surface area (Å²) in [7, 11) is 0. The van der Waals surface area contributed by atoms with Gasteiger partial charge in [0.1, 0.15) is 0 Å². The van der Waals surface area contributed by atoms with Gasteiger partial charge in [-0.05, 0) is 86.1 Å². The van der Waals surface area contributed by atoms with E-state index in [1.54, 1.807) is 25.1 Å². The van der Waals surface area contributed by atoms with Gasteiger partial charge in [-0.3, -0.25) is 0 Å². The van der Waals surface area contributed by atoms with E-state index < -0.39 is 23.7 Å².